The lowest BCUT2D eigenvalue weighted by atomic mass is 10.3. The van der Waals surface area contributed by atoms with Crippen molar-refractivity contribution < 1.29 is 8.42 Å². The summed E-state index contributed by atoms with van der Waals surface area (Å²) in [6, 6.07) is 3.31. The van der Waals surface area contributed by atoms with Crippen molar-refractivity contribution in [1.82, 2.24) is 14.2 Å². The average Bonchev–Trinajstić information content (AvgIpc) is 2.38. The molecule has 1 atom stereocenters. The fourth-order valence-corrected chi connectivity index (χ4v) is 3.98. The number of sulfonamides is 1. The van der Waals surface area contributed by atoms with Crippen molar-refractivity contribution in [3.63, 3.8) is 0 Å². The molecule has 0 aromatic carbocycles. The van der Waals surface area contributed by atoms with Gasteiger partial charge in [-0.2, -0.15) is 4.31 Å². The van der Waals surface area contributed by atoms with Crippen molar-refractivity contribution in [3.05, 3.63) is 18.3 Å². The number of anilines is 1. The van der Waals surface area contributed by atoms with Crippen molar-refractivity contribution in [3.8, 4) is 0 Å². The lowest BCUT2D eigenvalue weighted by Crippen LogP contribution is -2.44. The molecule has 0 amide bonds. The normalized spacial score (nSPS) is 13.8. The lowest BCUT2D eigenvalue weighted by molar-refractivity contribution is 0.271. The highest BCUT2D eigenvalue weighted by molar-refractivity contribution is 7.89. The van der Waals surface area contributed by atoms with Crippen LogP contribution in [0, 0.1) is 0 Å². The van der Waals surface area contributed by atoms with E-state index in [2.05, 4.69) is 10.3 Å². The maximum atomic E-state index is 12.8. The van der Waals surface area contributed by atoms with Gasteiger partial charge in [0.25, 0.3) is 10.0 Å². The van der Waals surface area contributed by atoms with Gasteiger partial charge >= 0.3 is 0 Å². The van der Waals surface area contributed by atoms with Gasteiger partial charge in [-0.3, -0.25) is 0 Å². The third-order valence-corrected chi connectivity index (χ3v) is 5.08. The van der Waals surface area contributed by atoms with Crippen molar-refractivity contribution in [1.29, 1.82) is 0 Å². The Bertz CT molecular complexity index is 531. The molecule has 0 saturated carbocycles. The van der Waals surface area contributed by atoms with E-state index in [4.69, 9.17) is 0 Å². The minimum absolute atomic E-state index is 0.0787. The summed E-state index contributed by atoms with van der Waals surface area (Å²) in [6.07, 6.45) is 1.50. The van der Waals surface area contributed by atoms with Gasteiger partial charge in [-0.25, -0.2) is 13.4 Å². The summed E-state index contributed by atoms with van der Waals surface area (Å²) < 4.78 is 27.0. The van der Waals surface area contributed by atoms with Crippen LogP contribution in [0.2, 0.25) is 0 Å². The maximum Gasteiger partial charge on any atom is 0.262 e. The Morgan fingerprint density at radius 1 is 1.40 bits per heavy atom. The highest BCUT2D eigenvalue weighted by atomic mass is 32.2. The number of pyridine rings is 1. The first kappa shape index (κ1) is 16.9. The van der Waals surface area contributed by atoms with E-state index in [1.807, 2.05) is 32.8 Å². The molecular weight excluding hydrogens is 276 g/mol. The summed E-state index contributed by atoms with van der Waals surface area (Å²) in [5, 5.41) is 2.96. The molecule has 1 N–H and O–H groups in total. The van der Waals surface area contributed by atoms with Gasteiger partial charge in [0.1, 0.15) is 0 Å². The quantitative estimate of drug-likeness (QED) is 0.816. The third-order valence-electron chi connectivity index (χ3n) is 3.03. The Balaban J connectivity index is 3.18. The number of nitrogens with one attached hydrogen (secondary N) is 1. The highest BCUT2D eigenvalue weighted by Crippen LogP contribution is 2.23. The predicted molar refractivity (Wildman–Crippen MR) is 81.4 cm³/mol. The van der Waals surface area contributed by atoms with Crippen molar-refractivity contribution in [2.75, 3.05) is 39.5 Å². The fraction of sp³-hybridized carbons (Fsp3) is 0.615. The second-order valence-electron chi connectivity index (χ2n) is 4.93. The maximum absolute atomic E-state index is 12.8. The highest BCUT2D eigenvalue weighted by Gasteiger charge is 2.30. The molecule has 0 saturated heterocycles. The van der Waals surface area contributed by atoms with E-state index in [0.29, 0.717) is 18.8 Å². The van der Waals surface area contributed by atoms with Gasteiger partial charge in [-0.15, -0.1) is 0 Å². The predicted octanol–water partition coefficient (Wildman–Crippen LogP) is 1.08. The summed E-state index contributed by atoms with van der Waals surface area (Å²) in [5.74, 6) is 0. The second kappa shape index (κ2) is 7.01. The number of likely N-dealkylation sites (N-methyl/N-ethyl adjacent to an activating group) is 2. The van der Waals surface area contributed by atoms with Crippen LogP contribution in [0.5, 0.6) is 0 Å². The molecule has 0 radical (unpaired) electrons. The number of aromatic nitrogens is 1. The molecule has 1 aromatic rings. The van der Waals surface area contributed by atoms with Crippen molar-refractivity contribution in [2.24, 2.45) is 0 Å². The molecule has 1 aromatic heterocycles. The number of hydrogen-bond donors (Lipinski definition) is 1. The Hall–Kier alpha value is -1.18. The van der Waals surface area contributed by atoms with E-state index in [0.717, 1.165) is 0 Å². The van der Waals surface area contributed by atoms with E-state index in [9.17, 15) is 8.42 Å². The van der Waals surface area contributed by atoms with Crippen LogP contribution in [0.25, 0.3) is 0 Å². The summed E-state index contributed by atoms with van der Waals surface area (Å²) in [4.78, 5) is 6.02. The number of rotatable bonds is 7. The molecule has 0 aliphatic rings. The molecule has 6 nitrogen and oxygen atoms in total. The number of hydrogen-bond acceptors (Lipinski definition) is 5. The van der Waals surface area contributed by atoms with E-state index in [-0.39, 0.29) is 11.1 Å². The van der Waals surface area contributed by atoms with Crippen LogP contribution in [0.1, 0.15) is 13.8 Å². The zero-order valence-electron chi connectivity index (χ0n) is 12.8. The molecule has 0 bridgehead atoms. The van der Waals surface area contributed by atoms with Crippen molar-refractivity contribution in [2.45, 2.75) is 24.9 Å². The minimum atomic E-state index is -3.61. The molecule has 114 valence electrons. The molecule has 0 aliphatic heterocycles. The van der Waals surface area contributed by atoms with Gasteiger partial charge in [0, 0.05) is 32.4 Å². The standard InChI is InChI=1S/C13H24N4O2S/c1-6-17(11(2)10-16(4)5)20(18,19)13-12(14-3)8-7-9-15-13/h7-9,11,14H,6,10H2,1-5H3. The van der Waals surface area contributed by atoms with Crippen molar-refractivity contribution >= 4 is 15.7 Å². The van der Waals surface area contributed by atoms with E-state index in [1.54, 1.807) is 19.2 Å². The van der Waals surface area contributed by atoms with Crippen LogP contribution in [-0.2, 0) is 10.0 Å². The van der Waals surface area contributed by atoms with E-state index in [1.165, 1.54) is 10.5 Å². The lowest BCUT2D eigenvalue weighted by Gasteiger charge is -2.29. The van der Waals surface area contributed by atoms with Crippen LogP contribution < -0.4 is 5.32 Å². The van der Waals surface area contributed by atoms with Gasteiger partial charge in [-0.1, -0.05) is 6.92 Å². The van der Waals surface area contributed by atoms with Gasteiger partial charge < -0.3 is 10.2 Å². The van der Waals surface area contributed by atoms with Crippen LogP contribution in [-0.4, -0.2) is 62.9 Å². The third kappa shape index (κ3) is 3.68. The first-order valence-electron chi connectivity index (χ1n) is 6.63. The zero-order chi connectivity index (χ0) is 15.3. The molecule has 0 spiro atoms. The molecule has 7 heteroatoms. The molecular formula is C13H24N4O2S. The topological polar surface area (TPSA) is 65.5 Å². The minimum Gasteiger partial charge on any atom is -0.386 e. The monoisotopic (exact) mass is 300 g/mol. The molecule has 1 unspecified atom stereocenters. The molecule has 0 aliphatic carbocycles. The fourth-order valence-electron chi connectivity index (χ4n) is 2.24. The van der Waals surface area contributed by atoms with Gasteiger partial charge in [0.2, 0.25) is 0 Å². The summed E-state index contributed by atoms with van der Waals surface area (Å²) in [5.41, 5.74) is 0.517. The number of nitrogens with zero attached hydrogens (tertiary/aromatic N) is 3. The first-order chi connectivity index (χ1) is 9.34. The first-order valence-corrected chi connectivity index (χ1v) is 8.08. The van der Waals surface area contributed by atoms with E-state index >= 15 is 0 Å². The summed E-state index contributed by atoms with van der Waals surface area (Å²) in [7, 11) is 1.94. The van der Waals surface area contributed by atoms with Crippen LogP contribution >= 0.6 is 0 Å². The zero-order valence-corrected chi connectivity index (χ0v) is 13.6. The smallest absolute Gasteiger partial charge is 0.262 e. The molecule has 0 fully saturated rings. The summed E-state index contributed by atoms with van der Waals surface area (Å²) in [6.45, 7) is 4.82. The SMILES string of the molecule is CCN(C(C)CN(C)C)S(=O)(=O)c1ncccc1NC. The van der Waals surface area contributed by atoms with Gasteiger partial charge in [-0.05, 0) is 33.2 Å². The molecule has 20 heavy (non-hydrogen) atoms. The van der Waals surface area contributed by atoms with E-state index < -0.39 is 10.0 Å². The van der Waals surface area contributed by atoms with Gasteiger partial charge in [0.15, 0.2) is 5.03 Å². The summed E-state index contributed by atoms with van der Waals surface area (Å²) >= 11 is 0. The molecule has 1 rings (SSSR count). The largest absolute Gasteiger partial charge is 0.386 e. The van der Waals surface area contributed by atoms with Crippen LogP contribution in [0.3, 0.4) is 0 Å². The Labute approximate surface area is 121 Å². The Morgan fingerprint density at radius 3 is 2.55 bits per heavy atom. The van der Waals surface area contributed by atoms with Crippen LogP contribution in [0.15, 0.2) is 23.4 Å². The Morgan fingerprint density at radius 2 is 2.05 bits per heavy atom. The molecule has 1 heterocycles. The second-order valence-corrected chi connectivity index (χ2v) is 6.73. The average molecular weight is 300 g/mol. The Kier molecular flexibility index (Phi) is 5.91. The van der Waals surface area contributed by atoms with Gasteiger partial charge in [0.05, 0.1) is 5.69 Å². The van der Waals surface area contributed by atoms with Crippen LogP contribution in [0.4, 0.5) is 5.69 Å².